The van der Waals surface area contributed by atoms with E-state index in [2.05, 4.69) is 27.3 Å². The maximum Gasteiger partial charge on any atom is 0.308 e. The Hall–Kier alpha value is -3.09. The summed E-state index contributed by atoms with van der Waals surface area (Å²) < 4.78 is 6.54. The lowest BCUT2D eigenvalue weighted by atomic mass is 9.97. The Labute approximate surface area is 171 Å². The molecule has 0 spiro atoms. The molecule has 2 aromatic rings. The van der Waals surface area contributed by atoms with Crippen LogP contribution in [0, 0.1) is 5.92 Å². The van der Waals surface area contributed by atoms with Crippen molar-refractivity contribution in [2.75, 3.05) is 27.2 Å². The lowest BCUT2D eigenvalue weighted by molar-refractivity contribution is -0.146. The van der Waals surface area contributed by atoms with Gasteiger partial charge in [0.25, 0.3) is 5.56 Å². The zero-order valence-electron chi connectivity index (χ0n) is 17.0. The molecule has 1 N–H and O–H groups in total. The van der Waals surface area contributed by atoms with E-state index in [-0.39, 0.29) is 17.4 Å². The van der Waals surface area contributed by atoms with E-state index < -0.39 is 0 Å². The number of ether oxygens (including phenoxy) is 1. The van der Waals surface area contributed by atoms with Crippen LogP contribution in [0.4, 0.5) is 0 Å². The fourth-order valence-electron chi connectivity index (χ4n) is 3.56. The zero-order chi connectivity index (χ0) is 20.6. The third kappa shape index (κ3) is 5.47. The molecular formula is C22H28N4O3. The van der Waals surface area contributed by atoms with Crippen LogP contribution >= 0.6 is 0 Å². The smallest absolute Gasteiger partial charge is 0.308 e. The Morgan fingerprint density at radius 1 is 1.14 bits per heavy atom. The van der Waals surface area contributed by atoms with E-state index in [1.807, 2.05) is 18.2 Å². The van der Waals surface area contributed by atoms with Crippen LogP contribution in [-0.4, -0.2) is 48.6 Å². The molecule has 2 heterocycles. The molecule has 0 radical (unpaired) electrons. The molecule has 1 aromatic heterocycles. The van der Waals surface area contributed by atoms with Crippen molar-refractivity contribution in [3.8, 4) is 0 Å². The summed E-state index contributed by atoms with van der Waals surface area (Å²) >= 11 is 0. The summed E-state index contributed by atoms with van der Waals surface area (Å²) in [6.07, 6.45) is 3.35. The van der Waals surface area contributed by atoms with Crippen LogP contribution in [0.1, 0.15) is 24.0 Å². The number of benzene rings is 1. The SMILES string of the molecule is CN=C(NCc1ccc(Cn2ccccc2=O)cc1)N1CCC(C(=O)OC)CC1. The molecule has 1 saturated heterocycles. The molecule has 0 bridgehead atoms. The Balaban J connectivity index is 1.52. The van der Waals surface area contributed by atoms with Crippen molar-refractivity contribution in [2.24, 2.45) is 10.9 Å². The minimum Gasteiger partial charge on any atom is -0.469 e. The summed E-state index contributed by atoms with van der Waals surface area (Å²) in [4.78, 5) is 30.1. The van der Waals surface area contributed by atoms with E-state index >= 15 is 0 Å². The first-order chi connectivity index (χ1) is 14.1. The summed E-state index contributed by atoms with van der Waals surface area (Å²) in [6, 6.07) is 13.4. The Morgan fingerprint density at radius 3 is 2.45 bits per heavy atom. The van der Waals surface area contributed by atoms with Gasteiger partial charge in [-0.15, -0.1) is 0 Å². The summed E-state index contributed by atoms with van der Waals surface area (Å²) in [7, 11) is 3.22. The van der Waals surface area contributed by atoms with Crippen molar-refractivity contribution >= 4 is 11.9 Å². The minimum atomic E-state index is -0.120. The molecule has 7 nitrogen and oxygen atoms in total. The van der Waals surface area contributed by atoms with Crippen molar-refractivity contribution in [2.45, 2.75) is 25.9 Å². The van der Waals surface area contributed by atoms with Crippen molar-refractivity contribution < 1.29 is 9.53 Å². The summed E-state index contributed by atoms with van der Waals surface area (Å²) in [5.74, 6) is 0.706. The molecular weight excluding hydrogens is 368 g/mol. The quantitative estimate of drug-likeness (QED) is 0.474. The summed E-state index contributed by atoms with van der Waals surface area (Å²) in [6.45, 7) is 2.79. The summed E-state index contributed by atoms with van der Waals surface area (Å²) in [5, 5.41) is 3.40. The molecule has 0 amide bonds. The van der Waals surface area contributed by atoms with Gasteiger partial charge in [-0.3, -0.25) is 14.6 Å². The number of likely N-dealkylation sites (tertiary alicyclic amines) is 1. The highest BCUT2D eigenvalue weighted by Crippen LogP contribution is 2.18. The van der Waals surface area contributed by atoms with E-state index in [0.717, 1.165) is 43.0 Å². The maximum atomic E-state index is 11.8. The van der Waals surface area contributed by atoms with E-state index in [9.17, 15) is 9.59 Å². The Kier molecular flexibility index (Phi) is 7.05. The van der Waals surface area contributed by atoms with Crippen molar-refractivity contribution in [3.05, 3.63) is 70.1 Å². The minimum absolute atomic E-state index is 0.00184. The molecule has 1 aliphatic heterocycles. The second-order valence-corrected chi connectivity index (χ2v) is 7.17. The Bertz CT molecular complexity index is 897. The largest absolute Gasteiger partial charge is 0.469 e. The van der Waals surface area contributed by atoms with Gasteiger partial charge in [0.05, 0.1) is 19.6 Å². The molecule has 3 rings (SSSR count). The summed E-state index contributed by atoms with van der Waals surface area (Å²) in [5.41, 5.74) is 2.22. The fourth-order valence-corrected chi connectivity index (χ4v) is 3.56. The van der Waals surface area contributed by atoms with Gasteiger partial charge < -0.3 is 19.5 Å². The van der Waals surface area contributed by atoms with Crippen LogP contribution in [0.5, 0.6) is 0 Å². The highest BCUT2D eigenvalue weighted by atomic mass is 16.5. The molecule has 29 heavy (non-hydrogen) atoms. The molecule has 154 valence electrons. The van der Waals surface area contributed by atoms with Crippen LogP contribution in [-0.2, 0) is 22.6 Å². The molecule has 1 aliphatic rings. The van der Waals surface area contributed by atoms with Crippen molar-refractivity contribution in [1.82, 2.24) is 14.8 Å². The first-order valence-electron chi connectivity index (χ1n) is 9.87. The van der Waals surface area contributed by atoms with Crippen LogP contribution in [0.2, 0.25) is 0 Å². The third-order valence-corrected chi connectivity index (χ3v) is 5.27. The van der Waals surface area contributed by atoms with Gasteiger partial charge >= 0.3 is 5.97 Å². The molecule has 0 atom stereocenters. The third-order valence-electron chi connectivity index (χ3n) is 5.27. The number of methoxy groups -OCH3 is 1. The second-order valence-electron chi connectivity index (χ2n) is 7.17. The zero-order valence-corrected chi connectivity index (χ0v) is 17.0. The first kappa shape index (κ1) is 20.6. The number of pyridine rings is 1. The number of hydrogen-bond donors (Lipinski definition) is 1. The number of piperidine rings is 1. The predicted octanol–water partition coefficient (Wildman–Crippen LogP) is 1.86. The number of nitrogens with zero attached hydrogens (tertiary/aromatic N) is 3. The van der Waals surface area contributed by atoms with Gasteiger partial charge in [0, 0.05) is 38.9 Å². The standard InChI is InChI=1S/C22H28N4O3/c1-23-22(25-13-10-19(11-14-25)21(28)29-2)24-15-17-6-8-18(9-7-17)16-26-12-4-3-5-20(26)27/h3-9,12,19H,10-11,13-16H2,1-2H3,(H,23,24). The van der Waals surface area contributed by atoms with Crippen LogP contribution in [0.3, 0.4) is 0 Å². The lowest BCUT2D eigenvalue weighted by Gasteiger charge is -2.33. The van der Waals surface area contributed by atoms with E-state index in [4.69, 9.17) is 4.74 Å². The number of hydrogen-bond acceptors (Lipinski definition) is 4. The van der Waals surface area contributed by atoms with Crippen LogP contribution in [0.25, 0.3) is 0 Å². The Morgan fingerprint density at radius 2 is 1.83 bits per heavy atom. The molecule has 0 aliphatic carbocycles. The van der Waals surface area contributed by atoms with Gasteiger partial charge in [0.2, 0.25) is 0 Å². The van der Waals surface area contributed by atoms with E-state index in [1.54, 1.807) is 29.9 Å². The number of carbonyl (C=O) groups excluding carboxylic acids is 1. The topological polar surface area (TPSA) is 75.9 Å². The van der Waals surface area contributed by atoms with Gasteiger partial charge in [0.1, 0.15) is 0 Å². The number of carbonyl (C=O) groups is 1. The molecule has 1 fully saturated rings. The number of guanidine groups is 1. The number of nitrogens with one attached hydrogen (secondary N) is 1. The van der Waals surface area contributed by atoms with Crippen molar-refractivity contribution in [1.29, 1.82) is 0 Å². The van der Waals surface area contributed by atoms with Gasteiger partial charge in [0.15, 0.2) is 5.96 Å². The van der Waals surface area contributed by atoms with Gasteiger partial charge in [-0.2, -0.15) is 0 Å². The number of rotatable bonds is 5. The van der Waals surface area contributed by atoms with Gasteiger partial charge in [-0.05, 0) is 30.0 Å². The van der Waals surface area contributed by atoms with E-state index in [1.165, 1.54) is 7.11 Å². The highest BCUT2D eigenvalue weighted by Gasteiger charge is 2.26. The maximum absolute atomic E-state index is 11.8. The monoisotopic (exact) mass is 396 g/mol. The van der Waals surface area contributed by atoms with Crippen LogP contribution in [0.15, 0.2) is 58.4 Å². The average molecular weight is 396 g/mol. The number of aromatic nitrogens is 1. The van der Waals surface area contributed by atoms with Gasteiger partial charge in [-0.1, -0.05) is 30.3 Å². The second kappa shape index (κ2) is 9.91. The molecule has 0 unspecified atom stereocenters. The fraction of sp³-hybridized carbons (Fsp3) is 0.409. The number of aliphatic imine (C=N–C) groups is 1. The lowest BCUT2D eigenvalue weighted by Crippen LogP contribution is -2.46. The normalized spacial score (nSPS) is 15.2. The van der Waals surface area contributed by atoms with E-state index in [0.29, 0.717) is 13.1 Å². The van der Waals surface area contributed by atoms with Gasteiger partial charge in [-0.25, -0.2) is 0 Å². The first-order valence-corrected chi connectivity index (χ1v) is 9.87. The average Bonchev–Trinajstić information content (AvgIpc) is 2.76. The van der Waals surface area contributed by atoms with Crippen LogP contribution < -0.4 is 10.9 Å². The molecule has 1 aromatic carbocycles. The highest BCUT2D eigenvalue weighted by molar-refractivity contribution is 5.80. The molecule has 0 saturated carbocycles. The van der Waals surface area contributed by atoms with Crippen molar-refractivity contribution in [3.63, 3.8) is 0 Å². The molecule has 7 heteroatoms. The predicted molar refractivity (Wildman–Crippen MR) is 113 cm³/mol. The number of esters is 1.